The first kappa shape index (κ1) is 18.0. The van der Waals surface area contributed by atoms with Crippen molar-refractivity contribution in [3.8, 4) is 11.5 Å². The number of piperazine rings is 1. The molecule has 0 aromatic heterocycles. The second-order valence-electron chi connectivity index (χ2n) is 5.64. The third-order valence-electron chi connectivity index (χ3n) is 4.17. The summed E-state index contributed by atoms with van der Waals surface area (Å²) in [6, 6.07) is 5.99. The lowest BCUT2D eigenvalue weighted by Gasteiger charge is -2.31. The van der Waals surface area contributed by atoms with Crippen molar-refractivity contribution in [2.24, 2.45) is 0 Å². The van der Waals surface area contributed by atoms with Crippen molar-refractivity contribution in [3.05, 3.63) is 23.8 Å². The van der Waals surface area contributed by atoms with Crippen molar-refractivity contribution in [1.82, 2.24) is 4.31 Å². The van der Waals surface area contributed by atoms with Crippen LogP contribution in [0.1, 0.15) is 19.4 Å². The van der Waals surface area contributed by atoms with Gasteiger partial charge in [-0.25, -0.2) is 8.42 Å². The van der Waals surface area contributed by atoms with Crippen molar-refractivity contribution in [3.63, 3.8) is 0 Å². The highest BCUT2D eigenvalue weighted by Crippen LogP contribution is 2.27. The summed E-state index contributed by atoms with van der Waals surface area (Å²) in [7, 11) is -1.42. The predicted molar refractivity (Wildman–Crippen MR) is 89.6 cm³/mol. The van der Waals surface area contributed by atoms with Crippen LogP contribution in [0.4, 0.5) is 0 Å². The van der Waals surface area contributed by atoms with Gasteiger partial charge in [-0.1, -0.05) is 0 Å². The molecule has 1 aliphatic heterocycles. The summed E-state index contributed by atoms with van der Waals surface area (Å²) in [5.41, 5.74) is 1.18. The van der Waals surface area contributed by atoms with Gasteiger partial charge in [0.1, 0.15) is 6.54 Å². The number of benzene rings is 1. The van der Waals surface area contributed by atoms with Gasteiger partial charge in [0.15, 0.2) is 11.5 Å². The van der Waals surface area contributed by atoms with E-state index in [-0.39, 0.29) is 5.75 Å². The Morgan fingerprint density at radius 2 is 1.87 bits per heavy atom. The van der Waals surface area contributed by atoms with E-state index in [1.807, 2.05) is 25.1 Å². The molecule has 0 radical (unpaired) electrons. The first-order valence-corrected chi connectivity index (χ1v) is 9.72. The van der Waals surface area contributed by atoms with Crippen LogP contribution in [-0.2, 0) is 16.6 Å². The minimum atomic E-state index is -3.06. The van der Waals surface area contributed by atoms with Gasteiger partial charge in [0.2, 0.25) is 10.0 Å². The third-order valence-corrected chi connectivity index (χ3v) is 6.05. The number of hydrogen-bond donors (Lipinski definition) is 1. The molecule has 0 saturated carbocycles. The first-order valence-electron chi connectivity index (χ1n) is 8.11. The minimum Gasteiger partial charge on any atom is -0.493 e. The van der Waals surface area contributed by atoms with E-state index in [2.05, 4.69) is 0 Å². The van der Waals surface area contributed by atoms with E-state index in [0.717, 1.165) is 31.1 Å². The fraction of sp³-hybridized carbons (Fsp3) is 0.625. The Hall–Kier alpha value is -1.31. The van der Waals surface area contributed by atoms with E-state index in [4.69, 9.17) is 9.47 Å². The molecule has 2 rings (SSSR count). The molecule has 0 spiro atoms. The Labute approximate surface area is 139 Å². The number of ether oxygens (including phenoxy) is 2. The molecular formula is C16H27N2O4S+. The lowest BCUT2D eigenvalue weighted by molar-refractivity contribution is -0.917. The van der Waals surface area contributed by atoms with Crippen molar-refractivity contribution in [2.45, 2.75) is 20.4 Å². The lowest BCUT2D eigenvalue weighted by Crippen LogP contribution is -3.13. The van der Waals surface area contributed by atoms with Crippen LogP contribution in [0.2, 0.25) is 0 Å². The first-order chi connectivity index (χ1) is 11.0. The summed E-state index contributed by atoms with van der Waals surface area (Å²) >= 11 is 0. The standard InChI is InChI=1S/C16H26N2O4S/c1-4-22-16-12-14(6-7-15(16)21-3)13-17-8-10-18(11-9-17)23(19,20)5-2/h6-7,12H,4-5,8-11,13H2,1-3H3/p+1. The second kappa shape index (κ2) is 7.99. The number of quaternary nitrogens is 1. The van der Waals surface area contributed by atoms with Gasteiger partial charge >= 0.3 is 0 Å². The number of hydrogen-bond acceptors (Lipinski definition) is 4. The third kappa shape index (κ3) is 4.59. The van der Waals surface area contributed by atoms with Crippen molar-refractivity contribution < 1.29 is 22.8 Å². The van der Waals surface area contributed by atoms with Gasteiger partial charge < -0.3 is 14.4 Å². The van der Waals surface area contributed by atoms with Gasteiger partial charge in [0.05, 0.1) is 45.6 Å². The molecule has 1 fully saturated rings. The van der Waals surface area contributed by atoms with E-state index in [0.29, 0.717) is 19.7 Å². The van der Waals surface area contributed by atoms with Crippen LogP contribution in [0.5, 0.6) is 11.5 Å². The van der Waals surface area contributed by atoms with Crippen LogP contribution in [0.25, 0.3) is 0 Å². The largest absolute Gasteiger partial charge is 0.493 e. The second-order valence-corrected chi connectivity index (χ2v) is 7.90. The molecule has 0 unspecified atom stereocenters. The Balaban J connectivity index is 1.97. The van der Waals surface area contributed by atoms with Crippen LogP contribution in [-0.4, -0.2) is 58.4 Å². The molecule has 1 aliphatic rings. The van der Waals surface area contributed by atoms with E-state index >= 15 is 0 Å². The molecule has 1 saturated heterocycles. The van der Waals surface area contributed by atoms with Gasteiger partial charge in [0, 0.05) is 5.56 Å². The molecule has 1 heterocycles. The maximum atomic E-state index is 11.9. The normalized spacial score (nSPS) is 17.2. The van der Waals surface area contributed by atoms with E-state index in [9.17, 15) is 8.42 Å². The molecule has 130 valence electrons. The molecule has 7 heteroatoms. The molecule has 0 atom stereocenters. The molecule has 0 amide bonds. The van der Waals surface area contributed by atoms with Crippen molar-refractivity contribution in [2.75, 3.05) is 45.6 Å². The number of nitrogens with zero attached hydrogens (tertiary/aromatic N) is 1. The van der Waals surface area contributed by atoms with Crippen LogP contribution < -0.4 is 14.4 Å². The Morgan fingerprint density at radius 1 is 1.17 bits per heavy atom. The maximum Gasteiger partial charge on any atom is 0.214 e. The van der Waals surface area contributed by atoms with Gasteiger partial charge in [0.25, 0.3) is 0 Å². The van der Waals surface area contributed by atoms with Crippen LogP contribution in [0.15, 0.2) is 18.2 Å². The van der Waals surface area contributed by atoms with E-state index < -0.39 is 10.0 Å². The number of rotatable bonds is 7. The zero-order chi connectivity index (χ0) is 16.9. The Bertz CT molecular complexity index is 611. The number of nitrogens with one attached hydrogen (secondary N) is 1. The lowest BCUT2D eigenvalue weighted by atomic mass is 10.1. The number of sulfonamides is 1. The highest BCUT2D eigenvalue weighted by Gasteiger charge is 2.27. The van der Waals surface area contributed by atoms with Gasteiger partial charge in [-0.2, -0.15) is 4.31 Å². The fourth-order valence-corrected chi connectivity index (χ4v) is 3.93. The summed E-state index contributed by atoms with van der Waals surface area (Å²) in [6.07, 6.45) is 0. The molecule has 1 N–H and O–H groups in total. The van der Waals surface area contributed by atoms with Gasteiger partial charge in [-0.3, -0.25) is 0 Å². The van der Waals surface area contributed by atoms with Gasteiger partial charge in [-0.15, -0.1) is 0 Å². The monoisotopic (exact) mass is 343 g/mol. The molecular weight excluding hydrogens is 316 g/mol. The summed E-state index contributed by atoms with van der Waals surface area (Å²) in [4.78, 5) is 1.39. The summed E-state index contributed by atoms with van der Waals surface area (Å²) in [5, 5.41) is 0. The quantitative estimate of drug-likeness (QED) is 0.765. The Kier molecular flexibility index (Phi) is 6.26. The van der Waals surface area contributed by atoms with Gasteiger partial charge in [-0.05, 0) is 32.0 Å². The van der Waals surface area contributed by atoms with Crippen LogP contribution in [0, 0.1) is 0 Å². The highest BCUT2D eigenvalue weighted by atomic mass is 32.2. The fourth-order valence-electron chi connectivity index (χ4n) is 2.83. The average Bonchev–Trinajstić information content (AvgIpc) is 2.56. The van der Waals surface area contributed by atoms with Crippen molar-refractivity contribution >= 4 is 10.0 Å². The molecule has 0 aliphatic carbocycles. The summed E-state index contributed by atoms with van der Waals surface area (Å²) in [6.45, 7) is 7.96. The number of methoxy groups -OCH3 is 1. The maximum absolute atomic E-state index is 11.9. The van der Waals surface area contributed by atoms with E-state index in [1.54, 1.807) is 18.3 Å². The molecule has 0 bridgehead atoms. The zero-order valence-corrected chi connectivity index (χ0v) is 15.0. The van der Waals surface area contributed by atoms with Crippen molar-refractivity contribution in [1.29, 1.82) is 0 Å². The molecule has 6 nitrogen and oxygen atoms in total. The Morgan fingerprint density at radius 3 is 2.43 bits per heavy atom. The molecule has 1 aromatic rings. The highest BCUT2D eigenvalue weighted by molar-refractivity contribution is 7.89. The predicted octanol–water partition coefficient (Wildman–Crippen LogP) is 0.144. The van der Waals surface area contributed by atoms with E-state index in [1.165, 1.54) is 10.5 Å². The van der Waals surface area contributed by atoms with Crippen LogP contribution in [0.3, 0.4) is 0 Å². The summed E-state index contributed by atoms with van der Waals surface area (Å²) in [5.74, 6) is 1.68. The molecule has 1 aromatic carbocycles. The van der Waals surface area contributed by atoms with Crippen LogP contribution >= 0.6 is 0 Å². The SMILES string of the molecule is CCOc1cc(C[NH+]2CCN(S(=O)(=O)CC)CC2)ccc1OC. The topological polar surface area (TPSA) is 60.3 Å². The molecule has 23 heavy (non-hydrogen) atoms. The average molecular weight is 343 g/mol. The summed E-state index contributed by atoms with van der Waals surface area (Å²) < 4.78 is 36.3. The smallest absolute Gasteiger partial charge is 0.214 e. The minimum absolute atomic E-state index is 0.179. The zero-order valence-electron chi connectivity index (χ0n) is 14.2.